The molecule has 0 aromatic carbocycles. The zero-order valence-corrected chi connectivity index (χ0v) is 10.5. The molecule has 0 saturated carbocycles. The standard InChI is InChI=1S/C8H16N2O3S2/c1-6(9)8(11)10-3-4-14-5-7(10)15(2,12)13/h6-7H,3-5,9H2,1-2H3/t6-,7?/m1/s1. The third-order valence-corrected chi connectivity index (χ3v) is 4.89. The van der Waals surface area contributed by atoms with Gasteiger partial charge in [-0.15, -0.1) is 0 Å². The van der Waals surface area contributed by atoms with Gasteiger partial charge in [-0.1, -0.05) is 0 Å². The molecule has 0 aliphatic carbocycles. The lowest BCUT2D eigenvalue weighted by atomic mass is 10.3. The first-order valence-electron chi connectivity index (χ1n) is 4.66. The van der Waals surface area contributed by atoms with Crippen LogP contribution in [0.15, 0.2) is 0 Å². The summed E-state index contributed by atoms with van der Waals surface area (Å²) in [6, 6.07) is -0.641. The Morgan fingerprint density at radius 1 is 1.60 bits per heavy atom. The summed E-state index contributed by atoms with van der Waals surface area (Å²) in [4.78, 5) is 13.1. The highest BCUT2D eigenvalue weighted by Crippen LogP contribution is 2.20. The van der Waals surface area contributed by atoms with Crippen LogP contribution in [0.5, 0.6) is 0 Å². The summed E-state index contributed by atoms with van der Waals surface area (Å²) < 4.78 is 23.0. The zero-order valence-electron chi connectivity index (χ0n) is 8.84. The molecule has 88 valence electrons. The second kappa shape index (κ2) is 4.71. The maximum atomic E-state index is 11.7. The van der Waals surface area contributed by atoms with E-state index in [1.54, 1.807) is 18.7 Å². The van der Waals surface area contributed by atoms with Gasteiger partial charge in [-0.05, 0) is 6.92 Å². The number of sulfone groups is 1. The average molecular weight is 252 g/mol. The van der Waals surface area contributed by atoms with Crippen LogP contribution in [0.2, 0.25) is 0 Å². The Bertz CT molecular complexity index is 340. The minimum Gasteiger partial charge on any atom is -0.323 e. The van der Waals surface area contributed by atoms with Crippen LogP contribution in [0.3, 0.4) is 0 Å². The number of hydrogen-bond donors (Lipinski definition) is 1. The highest BCUT2D eigenvalue weighted by Gasteiger charge is 2.34. The normalized spacial score (nSPS) is 25.0. The molecule has 0 aromatic heterocycles. The zero-order chi connectivity index (χ0) is 11.6. The summed E-state index contributed by atoms with van der Waals surface area (Å²) in [6.45, 7) is 2.03. The van der Waals surface area contributed by atoms with Gasteiger partial charge >= 0.3 is 0 Å². The van der Waals surface area contributed by atoms with E-state index < -0.39 is 21.3 Å². The number of amides is 1. The fourth-order valence-corrected chi connectivity index (χ4v) is 4.27. The van der Waals surface area contributed by atoms with Gasteiger partial charge < -0.3 is 10.6 Å². The average Bonchev–Trinajstić information content (AvgIpc) is 2.15. The largest absolute Gasteiger partial charge is 0.323 e. The van der Waals surface area contributed by atoms with Gasteiger partial charge in [0, 0.05) is 24.3 Å². The van der Waals surface area contributed by atoms with Crippen molar-refractivity contribution in [2.75, 3.05) is 24.3 Å². The van der Waals surface area contributed by atoms with E-state index in [0.717, 1.165) is 12.0 Å². The van der Waals surface area contributed by atoms with Gasteiger partial charge in [0.25, 0.3) is 0 Å². The van der Waals surface area contributed by atoms with Crippen LogP contribution in [-0.4, -0.2) is 54.9 Å². The molecule has 7 heteroatoms. The lowest BCUT2D eigenvalue weighted by molar-refractivity contribution is -0.132. The van der Waals surface area contributed by atoms with Crippen molar-refractivity contribution in [2.24, 2.45) is 5.73 Å². The molecule has 0 spiro atoms. The van der Waals surface area contributed by atoms with Crippen molar-refractivity contribution in [1.29, 1.82) is 0 Å². The number of nitrogens with zero attached hydrogens (tertiary/aromatic N) is 1. The molecule has 0 aromatic rings. The molecule has 1 unspecified atom stereocenters. The van der Waals surface area contributed by atoms with E-state index >= 15 is 0 Å². The molecule has 1 aliphatic heterocycles. The molecular weight excluding hydrogens is 236 g/mol. The van der Waals surface area contributed by atoms with Gasteiger partial charge in [0.2, 0.25) is 5.91 Å². The molecule has 1 fully saturated rings. The van der Waals surface area contributed by atoms with E-state index in [1.807, 2.05) is 0 Å². The van der Waals surface area contributed by atoms with Gasteiger partial charge in [0.1, 0.15) is 5.37 Å². The molecule has 1 amide bonds. The van der Waals surface area contributed by atoms with Gasteiger partial charge in [-0.25, -0.2) is 8.42 Å². The number of carbonyl (C=O) groups is 1. The highest BCUT2D eigenvalue weighted by molar-refractivity contribution is 8.00. The summed E-state index contributed by atoms with van der Waals surface area (Å²) in [5, 5.41) is -0.713. The van der Waals surface area contributed by atoms with Crippen LogP contribution in [0.4, 0.5) is 0 Å². The number of hydrogen-bond acceptors (Lipinski definition) is 5. The highest BCUT2D eigenvalue weighted by atomic mass is 32.2. The maximum absolute atomic E-state index is 11.7. The molecule has 5 nitrogen and oxygen atoms in total. The van der Waals surface area contributed by atoms with Crippen LogP contribution in [0.25, 0.3) is 0 Å². The predicted molar refractivity (Wildman–Crippen MR) is 61.3 cm³/mol. The van der Waals surface area contributed by atoms with E-state index in [1.165, 1.54) is 4.90 Å². The number of thioether (sulfide) groups is 1. The van der Waals surface area contributed by atoms with E-state index in [0.29, 0.717) is 12.3 Å². The molecule has 1 aliphatic rings. The Kier molecular flexibility index (Phi) is 4.02. The molecule has 0 bridgehead atoms. The third-order valence-electron chi connectivity index (χ3n) is 2.25. The third kappa shape index (κ3) is 3.09. The lowest BCUT2D eigenvalue weighted by Gasteiger charge is -2.35. The monoisotopic (exact) mass is 252 g/mol. The Morgan fingerprint density at radius 2 is 2.20 bits per heavy atom. The van der Waals surface area contributed by atoms with Gasteiger partial charge in [-0.2, -0.15) is 11.8 Å². The van der Waals surface area contributed by atoms with Crippen molar-refractivity contribution < 1.29 is 13.2 Å². The summed E-state index contributed by atoms with van der Waals surface area (Å²) in [5.74, 6) is 0.924. The van der Waals surface area contributed by atoms with Crippen molar-refractivity contribution in [1.82, 2.24) is 4.90 Å². The first kappa shape index (κ1) is 12.8. The second-order valence-corrected chi connectivity index (χ2v) is 7.03. The fourth-order valence-electron chi connectivity index (χ4n) is 1.45. The fraction of sp³-hybridized carbons (Fsp3) is 0.875. The van der Waals surface area contributed by atoms with Crippen molar-refractivity contribution >= 4 is 27.5 Å². The van der Waals surface area contributed by atoms with Crippen LogP contribution in [0.1, 0.15) is 6.92 Å². The van der Waals surface area contributed by atoms with E-state index in [-0.39, 0.29) is 5.91 Å². The van der Waals surface area contributed by atoms with E-state index in [2.05, 4.69) is 0 Å². The Hall–Kier alpha value is -0.270. The van der Waals surface area contributed by atoms with E-state index in [9.17, 15) is 13.2 Å². The Labute approximate surface area is 94.3 Å². The minimum atomic E-state index is -3.22. The van der Waals surface area contributed by atoms with Gasteiger partial charge in [-0.3, -0.25) is 4.79 Å². The van der Waals surface area contributed by atoms with Crippen molar-refractivity contribution in [3.8, 4) is 0 Å². The first-order chi connectivity index (χ1) is 6.84. The van der Waals surface area contributed by atoms with Crippen LogP contribution >= 0.6 is 11.8 Å². The Balaban J connectivity index is 2.89. The smallest absolute Gasteiger partial charge is 0.240 e. The van der Waals surface area contributed by atoms with Crippen molar-refractivity contribution in [2.45, 2.75) is 18.3 Å². The minimum absolute atomic E-state index is 0.286. The topological polar surface area (TPSA) is 80.5 Å². The summed E-state index contributed by atoms with van der Waals surface area (Å²) >= 11 is 1.55. The summed E-state index contributed by atoms with van der Waals surface area (Å²) in [5.41, 5.74) is 5.48. The summed E-state index contributed by atoms with van der Waals surface area (Å²) in [7, 11) is -3.22. The predicted octanol–water partition coefficient (Wildman–Crippen LogP) is -0.720. The lowest BCUT2D eigenvalue weighted by Crippen LogP contribution is -2.54. The van der Waals surface area contributed by atoms with Gasteiger partial charge in [0.15, 0.2) is 9.84 Å². The van der Waals surface area contributed by atoms with Crippen molar-refractivity contribution in [3.63, 3.8) is 0 Å². The van der Waals surface area contributed by atoms with Crippen LogP contribution in [-0.2, 0) is 14.6 Å². The molecule has 2 N–H and O–H groups in total. The Morgan fingerprint density at radius 3 is 2.67 bits per heavy atom. The number of rotatable bonds is 2. The number of nitrogens with two attached hydrogens (primary N) is 1. The molecule has 0 radical (unpaired) electrons. The quantitative estimate of drug-likeness (QED) is 0.701. The van der Waals surface area contributed by atoms with Crippen LogP contribution in [0, 0.1) is 0 Å². The van der Waals surface area contributed by atoms with Gasteiger partial charge in [0.05, 0.1) is 6.04 Å². The molecule has 15 heavy (non-hydrogen) atoms. The number of carbonyl (C=O) groups excluding carboxylic acids is 1. The second-order valence-electron chi connectivity index (χ2n) is 3.68. The molecular formula is C8H16N2O3S2. The van der Waals surface area contributed by atoms with Crippen molar-refractivity contribution in [3.05, 3.63) is 0 Å². The SMILES string of the molecule is C[C@@H](N)C(=O)N1CCSCC1S(C)(=O)=O. The first-order valence-corrected chi connectivity index (χ1v) is 7.77. The van der Waals surface area contributed by atoms with E-state index in [4.69, 9.17) is 5.73 Å². The maximum Gasteiger partial charge on any atom is 0.240 e. The molecule has 1 saturated heterocycles. The molecule has 1 heterocycles. The molecule has 2 atom stereocenters. The molecule has 1 rings (SSSR count). The summed E-state index contributed by atoms with van der Waals surface area (Å²) in [6.07, 6.45) is 1.16. The van der Waals surface area contributed by atoms with Crippen LogP contribution < -0.4 is 5.73 Å².